The Morgan fingerprint density at radius 3 is 2.33 bits per heavy atom. The summed E-state index contributed by atoms with van der Waals surface area (Å²) < 4.78 is 0. The topological polar surface area (TPSA) is 37.3 Å². The van der Waals surface area contributed by atoms with E-state index in [4.69, 9.17) is 0 Å². The van der Waals surface area contributed by atoms with Crippen LogP contribution in [0.3, 0.4) is 0 Å². The van der Waals surface area contributed by atoms with E-state index in [0.29, 0.717) is 6.42 Å². The van der Waals surface area contributed by atoms with Crippen molar-refractivity contribution in [1.29, 1.82) is 0 Å². The Hall–Kier alpha value is -0.370. The van der Waals surface area contributed by atoms with Crippen molar-refractivity contribution in [2.24, 2.45) is 11.3 Å². The van der Waals surface area contributed by atoms with Crippen LogP contribution in [0, 0.1) is 11.3 Å². The highest BCUT2D eigenvalue weighted by Gasteiger charge is 2.49. The molecule has 2 nitrogen and oxygen atoms in total. The molecule has 1 rings (SSSR count). The van der Waals surface area contributed by atoms with E-state index in [1.54, 1.807) is 6.92 Å². The number of carbonyl (C=O) groups is 1. The fourth-order valence-electron chi connectivity index (χ4n) is 1.80. The van der Waals surface area contributed by atoms with Gasteiger partial charge in [-0.1, -0.05) is 20.8 Å². The van der Waals surface area contributed by atoms with E-state index < -0.39 is 5.60 Å². The molecule has 0 amide bonds. The number of Topliss-reactive ketones (excluding diaryl/α,β-unsaturated/α-hetero) is 1. The first-order chi connectivity index (χ1) is 5.29. The lowest BCUT2D eigenvalue weighted by atomic mass is 9.61. The van der Waals surface area contributed by atoms with Crippen LogP contribution in [-0.4, -0.2) is 16.5 Å². The maximum Gasteiger partial charge on any atom is 0.138 e. The quantitative estimate of drug-likeness (QED) is 0.601. The normalized spacial score (nSPS) is 41.4. The molecule has 0 aliphatic heterocycles. The molecule has 0 spiro atoms. The lowest BCUT2D eigenvalue weighted by Gasteiger charge is -2.47. The maximum atomic E-state index is 11.3. The fourth-order valence-corrected chi connectivity index (χ4v) is 1.80. The van der Waals surface area contributed by atoms with Gasteiger partial charge in [0, 0.05) is 12.3 Å². The highest BCUT2D eigenvalue weighted by molar-refractivity contribution is 5.83. The van der Waals surface area contributed by atoms with Gasteiger partial charge in [0.25, 0.3) is 0 Å². The lowest BCUT2D eigenvalue weighted by molar-refractivity contribution is -0.154. The van der Waals surface area contributed by atoms with Gasteiger partial charge in [-0.3, -0.25) is 4.79 Å². The molecule has 70 valence electrons. The van der Waals surface area contributed by atoms with Gasteiger partial charge < -0.3 is 5.11 Å². The average Bonchev–Trinajstić information content (AvgIpc) is 1.96. The molecule has 0 aromatic heterocycles. The van der Waals surface area contributed by atoms with E-state index in [0.717, 1.165) is 6.42 Å². The Balaban J connectivity index is 2.96. The van der Waals surface area contributed by atoms with Gasteiger partial charge in [0.1, 0.15) is 5.78 Å². The Labute approximate surface area is 74.0 Å². The van der Waals surface area contributed by atoms with Gasteiger partial charge >= 0.3 is 0 Å². The second-order valence-corrected chi connectivity index (χ2v) is 4.72. The lowest BCUT2D eigenvalue weighted by Crippen LogP contribution is -2.53. The third-order valence-electron chi connectivity index (χ3n) is 3.69. The second-order valence-electron chi connectivity index (χ2n) is 4.72. The highest BCUT2D eigenvalue weighted by atomic mass is 16.3. The van der Waals surface area contributed by atoms with Gasteiger partial charge in [-0.05, 0) is 18.8 Å². The molecule has 1 saturated carbocycles. The predicted octanol–water partition coefficient (Wildman–Crippen LogP) is 1.76. The van der Waals surface area contributed by atoms with Crippen LogP contribution in [0.25, 0.3) is 0 Å². The van der Waals surface area contributed by atoms with Crippen molar-refractivity contribution in [1.82, 2.24) is 0 Å². The summed E-state index contributed by atoms with van der Waals surface area (Å²) in [5.41, 5.74) is -0.983. The van der Waals surface area contributed by atoms with Gasteiger partial charge in [-0.15, -0.1) is 0 Å². The first-order valence-corrected chi connectivity index (χ1v) is 4.54. The Kier molecular flexibility index (Phi) is 2.07. The van der Waals surface area contributed by atoms with Gasteiger partial charge in [0.15, 0.2) is 0 Å². The maximum absolute atomic E-state index is 11.3. The Bertz CT molecular complexity index is 204. The predicted molar refractivity (Wildman–Crippen MR) is 47.8 cm³/mol. The number of carbonyl (C=O) groups excluding carboxylic acids is 1. The second kappa shape index (κ2) is 2.56. The molecule has 1 aliphatic rings. The van der Waals surface area contributed by atoms with E-state index in [9.17, 15) is 9.90 Å². The fraction of sp³-hybridized carbons (Fsp3) is 0.900. The largest absolute Gasteiger partial charge is 0.389 e. The van der Waals surface area contributed by atoms with Crippen molar-refractivity contribution in [2.75, 3.05) is 0 Å². The Morgan fingerprint density at radius 2 is 1.92 bits per heavy atom. The van der Waals surface area contributed by atoms with Crippen molar-refractivity contribution in [3.63, 3.8) is 0 Å². The number of hydrogen-bond donors (Lipinski definition) is 1. The van der Waals surface area contributed by atoms with E-state index in [1.807, 2.05) is 20.8 Å². The zero-order valence-electron chi connectivity index (χ0n) is 8.35. The number of ketones is 1. The number of aliphatic hydroxyl groups is 1. The summed E-state index contributed by atoms with van der Waals surface area (Å²) in [5.74, 6) is -0.0272. The minimum Gasteiger partial charge on any atom is -0.389 e. The molecular formula is C10H18O2. The van der Waals surface area contributed by atoms with Crippen molar-refractivity contribution in [2.45, 2.75) is 46.1 Å². The monoisotopic (exact) mass is 170 g/mol. The number of rotatable bonds is 0. The summed E-state index contributed by atoms with van der Waals surface area (Å²) in [7, 11) is 0. The molecule has 0 bridgehead atoms. The van der Waals surface area contributed by atoms with Crippen LogP contribution >= 0.6 is 0 Å². The van der Waals surface area contributed by atoms with Gasteiger partial charge in [-0.2, -0.15) is 0 Å². The molecule has 12 heavy (non-hydrogen) atoms. The molecule has 1 aliphatic carbocycles. The van der Waals surface area contributed by atoms with Crippen molar-refractivity contribution >= 4 is 5.78 Å². The van der Waals surface area contributed by atoms with Crippen molar-refractivity contribution in [3.05, 3.63) is 0 Å². The molecule has 1 N–H and O–H groups in total. The molecule has 2 heteroatoms. The molecule has 2 atom stereocenters. The minimum atomic E-state index is -0.845. The van der Waals surface area contributed by atoms with Crippen LogP contribution in [0.4, 0.5) is 0 Å². The van der Waals surface area contributed by atoms with Crippen molar-refractivity contribution < 1.29 is 9.90 Å². The smallest absolute Gasteiger partial charge is 0.138 e. The SMILES string of the molecule is C[C@H]1C(=O)CCC(C)(C)[C@]1(C)O. The van der Waals surface area contributed by atoms with Gasteiger partial charge in [0.05, 0.1) is 5.60 Å². The molecule has 0 unspecified atom stereocenters. The van der Waals surface area contributed by atoms with Crippen LogP contribution in [0.2, 0.25) is 0 Å². The van der Waals surface area contributed by atoms with Crippen molar-refractivity contribution in [3.8, 4) is 0 Å². The molecule has 0 heterocycles. The van der Waals surface area contributed by atoms with Crippen LogP contribution in [0.1, 0.15) is 40.5 Å². The summed E-state index contributed by atoms with van der Waals surface area (Å²) in [6.07, 6.45) is 1.41. The minimum absolute atomic E-state index is 0.139. The molecule has 1 fully saturated rings. The van der Waals surface area contributed by atoms with Crippen LogP contribution < -0.4 is 0 Å². The first kappa shape index (κ1) is 9.72. The Morgan fingerprint density at radius 1 is 1.42 bits per heavy atom. The van der Waals surface area contributed by atoms with E-state index >= 15 is 0 Å². The summed E-state index contributed by atoms with van der Waals surface area (Å²) in [6.45, 7) is 7.64. The van der Waals surface area contributed by atoms with Crippen LogP contribution in [0.5, 0.6) is 0 Å². The third-order valence-corrected chi connectivity index (χ3v) is 3.69. The summed E-state index contributed by atoms with van der Waals surface area (Å²) in [4.78, 5) is 11.3. The third kappa shape index (κ3) is 1.18. The molecule has 0 aromatic rings. The number of hydrogen-bond acceptors (Lipinski definition) is 2. The van der Waals surface area contributed by atoms with Gasteiger partial charge in [0.2, 0.25) is 0 Å². The molecular weight excluding hydrogens is 152 g/mol. The zero-order valence-corrected chi connectivity index (χ0v) is 8.35. The molecule has 0 radical (unpaired) electrons. The zero-order chi connectivity index (χ0) is 9.57. The molecule has 0 saturated heterocycles. The summed E-state index contributed by atoms with van der Waals surface area (Å²) >= 11 is 0. The van der Waals surface area contributed by atoms with E-state index in [-0.39, 0.29) is 17.1 Å². The van der Waals surface area contributed by atoms with Gasteiger partial charge in [-0.25, -0.2) is 0 Å². The van der Waals surface area contributed by atoms with Crippen LogP contribution in [0.15, 0.2) is 0 Å². The van der Waals surface area contributed by atoms with E-state index in [2.05, 4.69) is 0 Å². The molecule has 0 aromatic carbocycles. The summed E-state index contributed by atoms with van der Waals surface area (Å²) in [6, 6.07) is 0. The first-order valence-electron chi connectivity index (χ1n) is 4.54. The van der Waals surface area contributed by atoms with Crippen LogP contribution in [-0.2, 0) is 4.79 Å². The standard InChI is InChI=1S/C10H18O2/c1-7-8(11)5-6-9(2,3)10(7,4)12/h7,12H,5-6H2,1-4H3/t7-,10+/m0/s1. The van der Waals surface area contributed by atoms with E-state index in [1.165, 1.54) is 0 Å². The average molecular weight is 170 g/mol. The highest BCUT2D eigenvalue weighted by Crippen LogP contribution is 2.44. The summed E-state index contributed by atoms with van der Waals surface area (Å²) in [5, 5.41) is 10.1.